The minimum absolute atomic E-state index is 0.102. The third-order valence-electron chi connectivity index (χ3n) is 3.81. The van der Waals surface area contributed by atoms with Crippen molar-refractivity contribution in [1.82, 2.24) is 0 Å². The van der Waals surface area contributed by atoms with E-state index in [1.54, 1.807) is 6.07 Å². The Hall–Kier alpha value is -1.09. The molecule has 1 aromatic rings. The van der Waals surface area contributed by atoms with Gasteiger partial charge in [-0.25, -0.2) is 4.39 Å². The van der Waals surface area contributed by atoms with Crippen molar-refractivity contribution in [3.05, 3.63) is 29.6 Å². The van der Waals surface area contributed by atoms with Crippen LogP contribution in [0.5, 0.6) is 0 Å². The first-order valence-corrected chi connectivity index (χ1v) is 6.97. The van der Waals surface area contributed by atoms with Crippen molar-refractivity contribution < 1.29 is 4.39 Å². The fourth-order valence-electron chi connectivity index (χ4n) is 2.74. The minimum atomic E-state index is -0.102. The van der Waals surface area contributed by atoms with E-state index in [-0.39, 0.29) is 5.82 Å². The van der Waals surface area contributed by atoms with Gasteiger partial charge in [0, 0.05) is 12.6 Å². The van der Waals surface area contributed by atoms with Crippen LogP contribution in [0, 0.1) is 5.82 Å². The van der Waals surface area contributed by atoms with Crippen LogP contribution < -0.4 is 10.6 Å². The summed E-state index contributed by atoms with van der Waals surface area (Å²) >= 11 is 0. The number of anilines is 1. The molecule has 0 amide bonds. The molecule has 0 radical (unpaired) electrons. The van der Waals surface area contributed by atoms with Crippen molar-refractivity contribution in [2.24, 2.45) is 5.73 Å². The van der Waals surface area contributed by atoms with E-state index in [1.165, 1.54) is 12.8 Å². The summed E-state index contributed by atoms with van der Waals surface area (Å²) in [5.74, 6) is -0.102. The maximum Gasteiger partial charge on any atom is 0.146 e. The van der Waals surface area contributed by atoms with Crippen LogP contribution in [0.25, 0.3) is 0 Å². The summed E-state index contributed by atoms with van der Waals surface area (Å²) in [6.45, 7) is 3.73. The predicted octanol–water partition coefficient (Wildman–Crippen LogP) is 3.10. The first-order chi connectivity index (χ1) is 8.72. The molecule has 1 saturated heterocycles. The van der Waals surface area contributed by atoms with Crippen LogP contribution in [0.2, 0.25) is 0 Å². The van der Waals surface area contributed by atoms with Gasteiger partial charge in [0.05, 0.1) is 5.69 Å². The van der Waals surface area contributed by atoms with Gasteiger partial charge in [-0.1, -0.05) is 18.9 Å². The number of hydrogen-bond acceptors (Lipinski definition) is 2. The summed E-state index contributed by atoms with van der Waals surface area (Å²) < 4.78 is 14.2. The van der Waals surface area contributed by atoms with Gasteiger partial charge in [0.15, 0.2) is 0 Å². The van der Waals surface area contributed by atoms with Crippen LogP contribution in [0.1, 0.15) is 38.2 Å². The zero-order valence-electron chi connectivity index (χ0n) is 11.2. The van der Waals surface area contributed by atoms with Crippen LogP contribution in [-0.2, 0) is 6.42 Å². The first kappa shape index (κ1) is 13.3. The van der Waals surface area contributed by atoms with Gasteiger partial charge in [0.1, 0.15) is 5.82 Å². The monoisotopic (exact) mass is 250 g/mol. The third kappa shape index (κ3) is 3.02. The van der Waals surface area contributed by atoms with E-state index < -0.39 is 0 Å². The molecule has 0 saturated carbocycles. The third-order valence-corrected chi connectivity index (χ3v) is 3.81. The molecule has 1 unspecified atom stereocenters. The highest BCUT2D eigenvalue weighted by Gasteiger charge is 2.19. The Morgan fingerprint density at radius 1 is 1.33 bits per heavy atom. The lowest BCUT2D eigenvalue weighted by Gasteiger charge is -2.30. The smallest absolute Gasteiger partial charge is 0.146 e. The topological polar surface area (TPSA) is 29.3 Å². The number of benzene rings is 1. The fraction of sp³-hybridized carbons (Fsp3) is 0.600. The Labute approximate surface area is 109 Å². The highest BCUT2D eigenvalue weighted by molar-refractivity contribution is 5.50. The summed E-state index contributed by atoms with van der Waals surface area (Å²) in [6.07, 6.45) is 5.57. The van der Waals surface area contributed by atoms with Crippen LogP contribution in [0.3, 0.4) is 0 Å². The first-order valence-electron chi connectivity index (χ1n) is 6.97. The van der Waals surface area contributed by atoms with Crippen molar-refractivity contribution in [2.75, 3.05) is 18.0 Å². The molecule has 1 heterocycles. The standard InChI is InChI=1S/C15H23FN2/c1-12-5-3-2-4-10-18(12)15-7-6-13(8-9-17)11-14(15)16/h6-7,11-12H,2-5,8-10,17H2,1H3. The molecule has 100 valence electrons. The molecule has 2 N–H and O–H groups in total. The predicted molar refractivity (Wildman–Crippen MR) is 74.4 cm³/mol. The van der Waals surface area contributed by atoms with Gasteiger partial charge in [-0.3, -0.25) is 0 Å². The van der Waals surface area contributed by atoms with Crippen molar-refractivity contribution in [1.29, 1.82) is 0 Å². The van der Waals surface area contributed by atoms with Gasteiger partial charge in [-0.05, 0) is 50.4 Å². The van der Waals surface area contributed by atoms with E-state index in [0.717, 1.165) is 37.1 Å². The number of halogens is 1. The molecule has 3 heteroatoms. The van der Waals surface area contributed by atoms with Gasteiger partial charge < -0.3 is 10.6 Å². The minimum Gasteiger partial charge on any atom is -0.366 e. The van der Waals surface area contributed by atoms with Crippen molar-refractivity contribution in [2.45, 2.75) is 45.1 Å². The zero-order valence-corrected chi connectivity index (χ0v) is 11.2. The maximum absolute atomic E-state index is 14.2. The number of nitrogens with two attached hydrogens (primary N) is 1. The Balaban J connectivity index is 2.20. The number of nitrogens with zero attached hydrogens (tertiary/aromatic N) is 1. The highest BCUT2D eigenvalue weighted by atomic mass is 19.1. The molecule has 1 aliphatic heterocycles. The van der Waals surface area contributed by atoms with Gasteiger partial charge in [-0.15, -0.1) is 0 Å². The van der Waals surface area contributed by atoms with Crippen molar-refractivity contribution in [3.8, 4) is 0 Å². The van der Waals surface area contributed by atoms with E-state index in [9.17, 15) is 4.39 Å². The molecule has 2 rings (SSSR count). The molecule has 2 nitrogen and oxygen atoms in total. The Bertz CT molecular complexity index is 392. The van der Waals surface area contributed by atoms with Crippen molar-refractivity contribution in [3.63, 3.8) is 0 Å². The van der Waals surface area contributed by atoms with Crippen LogP contribution in [0.4, 0.5) is 10.1 Å². The number of hydrogen-bond donors (Lipinski definition) is 1. The van der Waals surface area contributed by atoms with E-state index in [4.69, 9.17) is 5.73 Å². The molecular weight excluding hydrogens is 227 g/mol. The summed E-state index contributed by atoms with van der Waals surface area (Å²) in [7, 11) is 0. The van der Waals surface area contributed by atoms with E-state index in [0.29, 0.717) is 12.6 Å². The Kier molecular flexibility index (Phi) is 4.59. The van der Waals surface area contributed by atoms with Gasteiger partial charge in [0.2, 0.25) is 0 Å². The second-order valence-electron chi connectivity index (χ2n) is 5.22. The molecule has 1 aliphatic rings. The second-order valence-corrected chi connectivity index (χ2v) is 5.22. The number of rotatable bonds is 3. The summed E-state index contributed by atoms with van der Waals surface area (Å²) in [5.41, 5.74) is 7.24. The molecular formula is C15H23FN2. The van der Waals surface area contributed by atoms with Gasteiger partial charge >= 0.3 is 0 Å². The molecule has 0 aliphatic carbocycles. The summed E-state index contributed by atoms with van der Waals surface area (Å²) in [5, 5.41) is 0. The van der Waals surface area contributed by atoms with Gasteiger partial charge in [-0.2, -0.15) is 0 Å². The molecule has 1 aromatic carbocycles. The normalized spacial score (nSPS) is 20.8. The average molecular weight is 250 g/mol. The zero-order chi connectivity index (χ0) is 13.0. The maximum atomic E-state index is 14.2. The van der Waals surface area contributed by atoms with Crippen LogP contribution >= 0.6 is 0 Å². The molecule has 0 aromatic heterocycles. The summed E-state index contributed by atoms with van der Waals surface area (Å²) in [6, 6.07) is 5.99. The lowest BCUT2D eigenvalue weighted by atomic mass is 10.1. The lowest BCUT2D eigenvalue weighted by Crippen LogP contribution is -2.33. The Morgan fingerprint density at radius 3 is 2.89 bits per heavy atom. The lowest BCUT2D eigenvalue weighted by molar-refractivity contribution is 0.579. The average Bonchev–Trinajstić information content (AvgIpc) is 2.55. The molecule has 1 fully saturated rings. The highest BCUT2D eigenvalue weighted by Crippen LogP contribution is 2.27. The largest absolute Gasteiger partial charge is 0.366 e. The van der Waals surface area contributed by atoms with Crippen LogP contribution in [0.15, 0.2) is 18.2 Å². The van der Waals surface area contributed by atoms with E-state index in [1.807, 2.05) is 12.1 Å². The van der Waals surface area contributed by atoms with Gasteiger partial charge in [0.25, 0.3) is 0 Å². The molecule has 18 heavy (non-hydrogen) atoms. The summed E-state index contributed by atoms with van der Waals surface area (Å²) in [4.78, 5) is 2.22. The van der Waals surface area contributed by atoms with E-state index >= 15 is 0 Å². The van der Waals surface area contributed by atoms with Crippen LogP contribution in [-0.4, -0.2) is 19.1 Å². The Morgan fingerprint density at radius 2 is 2.17 bits per heavy atom. The molecule has 0 spiro atoms. The van der Waals surface area contributed by atoms with Crippen molar-refractivity contribution >= 4 is 5.69 Å². The fourth-order valence-corrected chi connectivity index (χ4v) is 2.74. The SMILES string of the molecule is CC1CCCCCN1c1ccc(CCN)cc1F. The van der Waals surface area contributed by atoms with E-state index in [2.05, 4.69) is 11.8 Å². The molecule has 1 atom stereocenters. The second kappa shape index (κ2) is 6.19. The molecule has 0 bridgehead atoms. The quantitative estimate of drug-likeness (QED) is 0.893.